The molecule has 0 atom stereocenters. The molecule has 2 heterocycles. The zero-order chi connectivity index (χ0) is 23.3. The molecule has 0 spiro atoms. The molecule has 0 saturated carbocycles. The summed E-state index contributed by atoms with van der Waals surface area (Å²) < 4.78 is 12.5. The van der Waals surface area contributed by atoms with Crippen molar-refractivity contribution in [1.82, 2.24) is 14.5 Å². The van der Waals surface area contributed by atoms with E-state index in [2.05, 4.69) is 4.98 Å². The molecule has 1 aromatic heterocycles. The summed E-state index contributed by atoms with van der Waals surface area (Å²) in [5.74, 6) is 1.13. The molecule has 0 fully saturated rings. The Labute approximate surface area is 186 Å². The fourth-order valence-corrected chi connectivity index (χ4v) is 3.71. The van der Waals surface area contributed by atoms with Crippen LogP contribution in [0.5, 0.6) is 11.5 Å². The number of nitrogens with one attached hydrogen (secondary N) is 1. The number of likely N-dealkylation sites (N-methyl/N-ethyl adjacent to an activating group) is 2. The van der Waals surface area contributed by atoms with Gasteiger partial charge < -0.3 is 20.1 Å². The summed E-state index contributed by atoms with van der Waals surface area (Å²) in [4.78, 5) is 43.2. The summed E-state index contributed by atoms with van der Waals surface area (Å²) in [7, 11) is 1.82. The molecule has 1 aromatic carbocycles. The molecule has 0 bridgehead atoms. The molecule has 3 N–H and O–H groups in total. The van der Waals surface area contributed by atoms with Crippen molar-refractivity contribution in [2.45, 2.75) is 39.8 Å². The lowest BCUT2D eigenvalue weighted by molar-refractivity contribution is -0.119. The summed E-state index contributed by atoms with van der Waals surface area (Å²) in [5.41, 5.74) is 5.93. The van der Waals surface area contributed by atoms with Gasteiger partial charge in [-0.2, -0.15) is 0 Å². The van der Waals surface area contributed by atoms with Gasteiger partial charge in [0.1, 0.15) is 19.0 Å². The number of H-pyrrole nitrogens is 1. The first-order valence-corrected chi connectivity index (χ1v) is 10.9. The molecule has 0 aliphatic carbocycles. The Morgan fingerprint density at radius 3 is 2.59 bits per heavy atom. The van der Waals surface area contributed by atoms with Gasteiger partial charge in [-0.25, -0.2) is 4.79 Å². The number of aromatic nitrogens is 2. The lowest BCUT2D eigenvalue weighted by Crippen LogP contribution is -2.44. The van der Waals surface area contributed by atoms with Crippen molar-refractivity contribution in [3.8, 4) is 11.5 Å². The number of anilines is 2. The van der Waals surface area contributed by atoms with Crippen LogP contribution in [0.1, 0.15) is 32.3 Å². The minimum Gasteiger partial charge on any atom is -0.486 e. The number of nitrogen functional groups attached to an aromatic ring is 1. The summed E-state index contributed by atoms with van der Waals surface area (Å²) in [6.07, 6.45) is 1.59. The minimum atomic E-state index is -0.662. The number of rotatable bonds is 9. The van der Waals surface area contributed by atoms with E-state index < -0.39 is 11.2 Å². The van der Waals surface area contributed by atoms with Gasteiger partial charge in [0, 0.05) is 19.6 Å². The molecular formula is C22H31N5O5. The highest BCUT2D eigenvalue weighted by Crippen LogP contribution is 2.31. The van der Waals surface area contributed by atoms with Gasteiger partial charge in [-0.3, -0.25) is 24.0 Å². The topological polar surface area (TPSA) is 123 Å². The Kier molecular flexibility index (Phi) is 7.57. The molecule has 0 radical (unpaired) electrons. The first kappa shape index (κ1) is 23.4. The van der Waals surface area contributed by atoms with Crippen molar-refractivity contribution >= 4 is 17.4 Å². The van der Waals surface area contributed by atoms with Crippen molar-refractivity contribution in [3.05, 3.63) is 44.6 Å². The average molecular weight is 446 g/mol. The average Bonchev–Trinajstić information content (AvgIpc) is 2.76. The summed E-state index contributed by atoms with van der Waals surface area (Å²) in [6.45, 7) is 5.98. The molecule has 32 heavy (non-hydrogen) atoms. The number of nitrogens with zero attached hydrogens (tertiary/aromatic N) is 3. The number of hydrogen-bond acceptors (Lipinski definition) is 7. The SMILES string of the molecule is CCCCn1c(N)c(N(CC)C(=O)CN(C)Cc2ccc3c(c2)OCCO3)c(=O)[nH]c1=O. The Balaban J connectivity index is 1.76. The van der Waals surface area contributed by atoms with Crippen molar-refractivity contribution in [1.29, 1.82) is 0 Å². The predicted molar refractivity (Wildman–Crippen MR) is 122 cm³/mol. The monoisotopic (exact) mass is 445 g/mol. The van der Waals surface area contributed by atoms with E-state index in [1.807, 2.05) is 37.1 Å². The van der Waals surface area contributed by atoms with Crippen molar-refractivity contribution in [2.24, 2.45) is 0 Å². The number of benzene rings is 1. The third kappa shape index (κ3) is 5.13. The first-order valence-electron chi connectivity index (χ1n) is 10.9. The smallest absolute Gasteiger partial charge is 0.330 e. The number of fused-ring (bicyclic) bond motifs is 1. The number of carbonyl (C=O) groups excluding carboxylic acids is 1. The molecule has 174 valence electrons. The van der Waals surface area contributed by atoms with Crippen LogP contribution in [0.25, 0.3) is 0 Å². The van der Waals surface area contributed by atoms with Crippen LogP contribution in [-0.2, 0) is 17.9 Å². The summed E-state index contributed by atoms with van der Waals surface area (Å²) in [6, 6.07) is 5.69. The second kappa shape index (κ2) is 10.4. The molecule has 10 heteroatoms. The van der Waals surface area contributed by atoms with Gasteiger partial charge in [0.15, 0.2) is 17.2 Å². The van der Waals surface area contributed by atoms with Crippen LogP contribution in [0, 0.1) is 0 Å². The van der Waals surface area contributed by atoms with Crippen molar-refractivity contribution in [3.63, 3.8) is 0 Å². The van der Waals surface area contributed by atoms with E-state index in [-0.39, 0.29) is 30.5 Å². The van der Waals surface area contributed by atoms with E-state index >= 15 is 0 Å². The molecule has 10 nitrogen and oxygen atoms in total. The van der Waals surface area contributed by atoms with Crippen LogP contribution in [0.2, 0.25) is 0 Å². The number of ether oxygens (including phenoxy) is 2. The van der Waals surface area contributed by atoms with Crippen LogP contribution < -0.4 is 31.4 Å². The quantitative estimate of drug-likeness (QED) is 0.594. The molecule has 2 aromatic rings. The van der Waals surface area contributed by atoms with Gasteiger partial charge in [-0.05, 0) is 38.1 Å². The van der Waals surface area contributed by atoms with Gasteiger partial charge in [-0.15, -0.1) is 0 Å². The second-order valence-electron chi connectivity index (χ2n) is 7.79. The third-order valence-corrected chi connectivity index (χ3v) is 5.30. The fraction of sp³-hybridized carbons (Fsp3) is 0.500. The maximum atomic E-state index is 13.1. The number of nitrogens with two attached hydrogens (primary N) is 1. The highest BCUT2D eigenvalue weighted by molar-refractivity contribution is 5.96. The van der Waals surface area contributed by atoms with Gasteiger partial charge in [0.2, 0.25) is 5.91 Å². The first-order chi connectivity index (χ1) is 15.3. The van der Waals surface area contributed by atoms with Crippen molar-refractivity contribution in [2.75, 3.05) is 44.0 Å². The fourth-order valence-electron chi connectivity index (χ4n) is 3.71. The molecule has 1 aliphatic heterocycles. The lowest BCUT2D eigenvalue weighted by atomic mass is 10.2. The number of carbonyl (C=O) groups is 1. The second-order valence-corrected chi connectivity index (χ2v) is 7.79. The largest absolute Gasteiger partial charge is 0.486 e. The molecular weight excluding hydrogens is 414 g/mol. The van der Waals surface area contributed by atoms with E-state index in [0.29, 0.717) is 37.8 Å². The minimum absolute atomic E-state index is 0.0110. The van der Waals surface area contributed by atoms with Gasteiger partial charge in [0.05, 0.1) is 6.54 Å². The Hall–Kier alpha value is -3.27. The van der Waals surface area contributed by atoms with E-state index in [0.717, 1.165) is 18.4 Å². The van der Waals surface area contributed by atoms with Gasteiger partial charge >= 0.3 is 5.69 Å². The van der Waals surface area contributed by atoms with Crippen LogP contribution in [0.3, 0.4) is 0 Å². The molecule has 1 amide bonds. The summed E-state index contributed by atoms with van der Waals surface area (Å²) in [5, 5.41) is 0. The number of hydrogen-bond donors (Lipinski definition) is 2. The maximum absolute atomic E-state index is 13.1. The Morgan fingerprint density at radius 1 is 1.19 bits per heavy atom. The zero-order valence-corrected chi connectivity index (χ0v) is 18.8. The van der Waals surface area contributed by atoms with Gasteiger partial charge in [-0.1, -0.05) is 19.4 Å². The van der Waals surface area contributed by atoms with E-state index in [4.69, 9.17) is 15.2 Å². The molecule has 0 saturated heterocycles. The van der Waals surface area contributed by atoms with Crippen LogP contribution in [0.4, 0.5) is 11.5 Å². The molecule has 3 rings (SSSR count). The number of unbranched alkanes of at least 4 members (excludes halogenated alkanes) is 1. The van der Waals surface area contributed by atoms with Crippen molar-refractivity contribution < 1.29 is 14.3 Å². The Morgan fingerprint density at radius 2 is 1.91 bits per heavy atom. The molecule has 1 aliphatic rings. The van der Waals surface area contributed by atoms with Crippen LogP contribution >= 0.6 is 0 Å². The summed E-state index contributed by atoms with van der Waals surface area (Å²) >= 11 is 0. The normalized spacial score (nSPS) is 12.8. The lowest BCUT2D eigenvalue weighted by Gasteiger charge is -2.26. The van der Waals surface area contributed by atoms with Gasteiger partial charge in [0.25, 0.3) is 5.56 Å². The van der Waals surface area contributed by atoms with E-state index in [9.17, 15) is 14.4 Å². The third-order valence-electron chi connectivity index (χ3n) is 5.30. The van der Waals surface area contributed by atoms with Crippen LogP contribution in [0.15, 0.2) is 27.8 Å². The standard InChI is InChI=1S/C22H31N5O5/c1-4-6-9-27-20(23)19(21(29)24-22(27)30)26(5-2)18(28)14-25(3)13-15-7-8-16-17(12-15)32-11-10-31-16/h7-8,12H,4-6,9-11,13-14,23H2,1-3H3,(H,24,29,30). The van der Waals surface area contributed by atoms with Crippen LogP contribution in [-0.4, -0.2) is 53.7 Å². The maximum Gasteiger partial charge on any atom is 0.330 e. The predicted octanol–water partition coefficient (Wildman–Crippen LogP) is 1.18. The highest BCUT2D eigenvalue weighted by Gasteiger charge is 2.24. The molecule has 0 unspecified atom stereocenters. The zero-order valence-electron chi connectivity index (χ0n) is 18.8. The number of amides is 1. The Bertz CT molecular complexity index is 1080. The highest BCUT2D eigenvalue weighted by atomic mass is 16.6. The van der Waals surface area contributed by atoms with E-state index in [1.54, 1.807) is 6.92 Å². The van der Waals surface area contributed by atoms with E-state index in [1.165, 1.54) is 9.47 Å². The number of aromatic amines is 1.